The van der Waals surface area contributed by atoms with Crippen molar-refractivity contribution < 1.29 is 4.79 Å². The Morgan fingerprint density at radius 1 is 1.24 bits per heavy atom. The van der Waals surface area contributed by atoms with Gasteiger partial charge in [-0.1, -0.05) is 6.07 Å². The van der Waals surface area contributed by atoms with E-state index in [-0.39, 0.29) is 11.7 Å². The average Bonchev–Trinajstić information content (AvgIpc) is 3.18. The normalized spacial score (nSPS) is 21.2. The Morgan fingerprint density at radius 2 is 2.07 bits per heavy atom. The number of anilines is 1. The van der Waals surface area contributed by atoms with Crippen molar-refractivity contribution in [2.45, 2.75) is 51.6 Å². The van der Waals surface area contributed by atoms with E-state index in [1.807, 2.05) is 26.1 Å². The van der Waals surface area contributed by atoms with Crippen molar-refractivity contribution >= 4 is 11.7 Å². The fourth-order valence-corrected chi connectivity index (χ4v) is 4.37. The molecule has 1 N–H and O–H groups in total. The van der Waals surface area contributed by atoms with Crippen LogP contribution in [-0.4, -0.2) is 59.0 Å². The highest BCUT2D eigenvalue weighted by Crippen LogP contribution is 2.30. The zero-order chi connectivity index (χ0) is 20.5. The number of nitrogens with zero attached hydrogens (tertiary/aromatic N) is 5. The molecule has 0 saturated carbocycles. The van der Waals surface area contributed by atoms with Gasteiger partial charge in [-0.25, -0.2) is 9.97 Å². The van der Waals surface area contributed by atoms with E-state index in [4.69, 9.17) is 0 Å². The molecule has 0 spiro atoms. The molecule has 0 radical (unpaired) electrons. The van der Waals surface area contributed by atoms with E-state index < -0.39 is 0 Å². The second-order valence-electron chi connectivity index (χ2n) is 8.36. The number of hydrogen-bond acceptors (Lipinski definition) is 6. The van der Waals surface area contributed by atoms with Crippen molar-refractivity contribution in [3.8, 4) is 0 Å². The Bertz CT molecular complexity index is 912. The predicted molar refractivity (Wildman–Crippen MR) is 113 cm³/mol. The van der Waals surface area contributed by atoms with E-state index >= 15 is 0 Å². The van der Waals surface area contributed by atoms with Crippen LogP contribution in [0.5, 0.6) is 0 Å². The third kappa shape index (κ3) is 3.96. The number of aryl methyl sites for hydroxylation is 2. The van der Waals surface area contributed by atoms with E-state index in [9.17, 15) is 4.79 Å². The lowest BCUT2D eigenvalue weighted by Gasteiger charge is -2.29. The Kier molecular flexibility index (Phi) is 5.50. The molecule has 3 heterocycles. The second kappa shape index (κ2) is 8.06. The first kappa shape index (κ1) is 19.8. The van der Waals surface area contributed by atoms with Gasteiger partial charge in [-0.3, -0.25) is 9.78 Å². The number of fused-ring (bicyclic) bond motifs is 1. The maximum absolute atomic E-state index is 12.4. The highest BCUT2D eigenvalue weighted by atomic mass is 16.2. The Hall–Kier alpha value is -2.54. The molecular weight excluding hydrogens is 364 g/mol. The molecule has 0 bridgehead atoms. The number of rotatable bonds is 4. The molecule has 4 rings (SSSR count). The minimum atomic E-state index is -0.158. The number of amides is 1. The zero-order valence-electron chi connectivity index (χ0n) is 17.8. The molecule has 1 unspecified atom stereocenters. The number of carbonyl (C=O) groups excluding carboxylic acids is 1. The Labute approximate surface area is 172 Å². The fourth-order valence-electron chi connectivity index (χ4n) is 4.37. The Morgan fingerprint density at radius 3 is 2.86 bits per heavy atom. The summed E-state index contributed by atoms with van der Waals surface area (Å²) in [6.07, 6.45) is 6.37. The molecule has 7 heteroatoms. The summed E-state index contributed by atoms with van der Waals surface area (Å²) in [5.41, 5.74) is 4.50. The van der Waals surface area contributed by atoms with Gasteiger partial charge in [0.1, 0.15) is 5.82 Å². The van der Waals surface area contributed by atoms with Gasteiger partial charge in [0.05, 0.1) is 0 Å². The molecule has 154 valence electrons. The maximum atomic E-state index is 12.4. The lowest BCUT2D eigenvalue weighted by Crippen LogP contribution is -2.37. The number of carbonyl (C=O) groups is 1. The lowest BCUT2D eigenvalue weighted by atomic mass is 9.91. The van der Waals surface area contributed by atoms with Gasteiger partial charge in [-0.05, 0) is 51.2 Å². The van der Waals surface area contributed by atoms with Gasteiger partial charge in [-0.2, -0.15) is 0 Å². The summed E-state index contributed by atoms with van der Waals surface area (Å²) in [5.74, 6) is 1.00. The number of pyridine rings is 1. The van der Waals surface area contributed by atoms with Crippen LogP contribution in [0.3, 0.4) is 0 Å². The number of aromatic nitrogens is 3. The molecule has 0 aromatic carbocycles. The minimum Gasteiger partial charge on any atom is -0.355 e. The summed E-state index contributed by atoms with van der Waals surface area (Å²) in [7, 11) is 3.46. The van der Waals surface area contributed by atoms with Gasteiger partial charge in [0, 0.05) is 62.4 Å². The van der Waals surface area contributed by atoms with Crippen molar-refractivity contribution in [2.24, 2.45) is 0 Å². The van der Waals surface area contributed by atoms with Crippen LogP contribution in [0.4, 0.5) is 5.82 Å². The van der Waals surface area contributed by atoms with E-state index in [2.05, 4.69) is 31.2 Å². The molecule has 1 aliphatic carbocycles. The van der Waals surface area contributed by atoms with E-state index in [1.54, 1.807) is 14.1 Å². The van der Waals surface area contributed by atoms with Gasteiger partial charge in [-0.15, -0.1) is 0 Å². The van der Waals surface area contributed by atoms with E-state index in [0.717, 1.165) is 49.4 Å². The summed E-state index contributed by atoms with van der Waals surface area (Å²) in [6.45, 7) is 5.80. The van der Waals surface area contributed by atoms with Gasteiger partial charge in [0.15, 0.2) is 0 Å². The summed E-state index contributed by atoms with van der Waals surface area (Å²) in [4.78, 5) is 29.8. The molecule has 2 aromatic rings. The summed E-state index contributed by atoms with van der Waals surface area (Å²) >= 11 is 0. The number of nitrogens with one attached hydrogen (secondary N) is 1. The topological polar surface area (TPSA) is 74.2 Å². The summed E-state index contributed by atoms with van der Waals surface area (Å²) in [5, 5.41) is 3.86. The highest BCUT2D eigenvalue weighted by Gasteiger charge is 2.30. The first-order valence-electron chi connectivity index (χ1n) is 10.5. The second-order valence-corrected chi connectivity index (χ2v) is 8.36. The molecular formula is C22H30N6O. The molecule has 1 fully saturated rings. The quantitative estimate of drug-likeness (QED) is 0.859. The standard InChI is InChI=1S/C22H30N6O/c1-14-15(2)24-20(22(29)27(3)4)26-21(14)28-12-10-16(13-28)25-19-9-5-8-18-17(19)7-6-11-23-18/h6-7,11,16,19,25H,5,8-10,12-13H2,1-4H3/t16-,19?/m1/s1. The van der Waals surface area contributed by atoms with Crippen LogP contribution in [0.25, 0.3) is 0 Å². The van der Waals surface area contributed by atoms with Crippen LogP contribution in [0.2, 0.25) is 0 Å². The smallest absolute Gasteiger partial charge is 0.291 e. The van der Waals surface area contributed by atoms with Crippen molar-refractivity contribution in [3.05, 3.63) is 46.7 Å². The minimum absolute atomic E-state index is 0.158. The van der Waals surface area contributed by atoms with Crippen molar-refractivity contribution in [3.63, 3.8) is 0 Å². The van der Waals surface area contributed by atoms with Crippen LogP contribution in [0.1, 0.15) is 58.4 Å². The lowest BCUT2D eigenvalue weighted by molar-refractivity contribution is 0.0815. The molecule has 1 saturated heterocycles. The third-order valence-corrected chi connectivity index (χ3v) is 6.09. The van der Waals surface area contributed by atoms with Crippen LogP contribution in [-0.2, 0) is 6.42 Å². The highest BCUT2D eigenvalue weighted by molar-refractivity contribution is 5.90. The van der Waals surface area contributed by atoms with Crippen LogP contribution in [0, 0.1) is 13.8 Å². The van der Waals surface area contributed by atoms with Gasteiger partial charge in [0.25, 0.3) is 5.91 Å². The third-order valence-electron chi connectivity index (χ3n) is 6.09. The van der Waals surface area contributed by atoms with Crippen molar-refractivity contribution in [1.29, 1.82) is 0 Å². The zero-order valence-corrected chi connectivity index (χ0v) is 17.8. The average molecular weight is 395 g/mol. The van der Waals surface area contributed by atoms with E-state index in [1.165, 1.54) is 22.6 Å². The summed E-state index contributed by atoms with van der Waals surface area (Å²) < 4.78 is 0. The van der Waals surface area contributed by atoms with Gasteiger partial charge in [0.2, 0.25) is 5.82 Å². The molecule has 1 amide bonds. The fraction of sp³-hybridized carbons (Fsp3) is 0.545. The van der Waals surface area contributed by atoms with Crippen LogP contribution in [0.15, 0.2) is 18.3 Å². The molecule has 7 nitrogen and oxygen atoms in total. The monoisotopic (exact) mass is 394 g/mol. The van der Waals surface area contributed by atoms with Crippen LogP contribution < -0.4 is 10.2 Å². The molecule has 29 heavy (non-hydrogen) atoms. The van der Waals surface area contributed by atoms with Crippen molar-refractivity contribution in [2.75, 3.05) is 32.1 Å². The first-order chi connectivity index (χ1) is 13.9. The summed E-state index contributed by atoms with van der Waals surface area (Å²) in [6, 6.07) is 5.02. The van der Waals surface area contributed by atoms with Gasteiger partial charge < -0.3 is 15.1 Å². The molecule has 2 aromatic heterocycles. The number of hydrogen-bond donors (Lipinski definition) is 1. The SMILES string of the molecule is Cc1nc(C(=O)N(C)C)nc(N2CC[C@@H](NC3CCCc4ncccc43)C2)c1C. The molecule has 2 aliphatic rings. The predicted octanol–water partition coefficient (Wildman–Crippen LogP) is 2.44. The molecule has 1 aliphatic heterocycles. The first-order valence-corrected chi connectivity index (χ1v) is 10.5. The Balaban J connectivity index is 1.50. The van der Waals surface area contributed by atoms with Crippen LogP contribution >= 0.6 is 0 Å². The van der Waals surface area contributed by atoms with Crippen molar-refractivity contribution in [1.82, 2.24) is 25.2 Å². The van der Waals surface area contributed by atoms with E-state index in [0.29, 0.717) is 12.1 Å². The molecule has 2 atom stereocenters. The van der Waals surface area contributed by atoms with Gasteiger partial charge >= 0.3 is 0 Å². The largest absolute Gasteiger partial charge is 0.355 e. The maximum Gasteiger partial charge on any atom is 0.291 e.